The van der Waals surface area contributed by atoms with Crippen LogP contribution in [0.1, 0.15) is 6.92 Å². The van der Waals surface area contributed by atoms with E-state index in [1.807, 2.05) is 0 Å². The number of rotatable bonds is 3. The monoisotopic (exact) mass is 176 g/mol. The molecule has 0 saturated heterocycles. The van der Waals surface area contributed by atoms with E-state index in [1.54, 1.807) is 0 Å². The summed E-state index contributed by atoms with van der Waals surface area (Å²) in [4.78, 5) is 3.50. The lowest BCUT2D eigenvalue weighted by atomic mass is 10.2. The van der Waals surface area contributed by atoms with Crippen molar-refractivity contribution in [3.8, 4) is 0 Å². The van der Waals surface area contributed by atoms with Crippen molar-refractivity contribution in [2.24, 2.45) is 10.7 Å². The normalized spacial score (nSPS) is 15.4. The second-order valence-corrected chi connectivity index (χ2v) is 2.32. The van der Waals surface area contributed by atoms with Gasteiger partial charge in [0.2, 0.25) is 0 Å². The molecule has 0 spiro atoms. The standard InChI is InChI=1S/C7H10ClFN2/c1-5(6(2)9)3-7(8)11-4-10/h3-4,6H,1H2,2H3,(H2,10,11)/b7-3-. The highest BCUT2D eigenvalue weighted by molar-refractivity contribution is 6.29. The number of aliphatic imine (C=N–C) groups is 1. The second kappa shape index (κ2) is 4.91. The topological polar surface area (TPSA) is 38.4 Å². The molecule has 0 aliphatic rings. The Morgan fingerprint density at radius 3 is 2.73 bits per heavy atom. The summed E-state index contributed by atoms with van der Waals surface area (Å²) < 4.78 is 12.4. The third-order valence-electron chi connectivity index (χ3n) is 1.01. The van der Waals surface area contributed by atoms with Crippen LogP contribution in [0, 0.1) is 0 Å². The Bertz CT molecular complexity index is 197. The highest BCUT2D eigenvalue weighted by Gasteiger charge is 2.00. The van der Waals surface area contributed by atoms with E-state index in [-0.39, 0.29) is 10.7 Å². The quantitative estimate of drug-likeness (QED) is 0.304. The van der Waals surface area contributed by atoms with Gasteiger partial charge in [-0.25, -0.2) is 9.38 Å². The summed E-state index contributed by atoms with van der Waals surface area (Å²) in [6.45, 7) is 4.80. The van der Waals surface area contributed by atoms with Crippen molar-refractivity contribution in [1.29, 1.82) is 0 Å². The summed E-state index contributed by atoms with van der Waals surface area (Å²) in [6.07, 6.45) is 1.25. The maximum atomic E-state index is 12.4. The van der Waals surface area contributed by atoms with E-state index < -0.39 is 6.17 Å². The molecular formula is C7H10ClFN2. The fourth-order valence-electron chi connectivity index (χ4n) is 0.376. The van der Waals surface area contributed by atoms with Crippen LogP contribution in [0.3, 0.4) is 0 Å². The summed E-state index contributed by atoms with van der Waals surface area (Å²) in [5.74, 6) is 0. The molecule has 1 atom stereocenters. The van der Waals surface area contributed by atoms with Gasteiger partial charge in [0.1, 0.15) is 11.3 Å². The molecule has 62 valence electrons. The molecule has 0 bridgehead atoms. The smallest absolute Gasteiger partial charge is 0.131 e. The number of halogens is 2. The first-order valence-electron chi connectivity index (χ1n) is 3.02. The summed E-state index contributed by atoms with van der Waals surface area (Å²) in [7, 11) is 0. The predicted molar refractivity (Wildman–Crippen MR) is 46.3 cm³/mol. The van der Waals surface area contributed by atoms with Gasteiger partial charge in [0.25, 0.3) is 0 Å². The fraction of sp³-hybridized carbons (Fsp3) is 0.286. The van der Waals surface area contributed by atoms with Crippen molar-refractivity contribution in [2.45, 2.75) is 13.1 Å². The van der Waals surface area contributed by atoms with Gasteiger partial charge in [0, 0.05) is 0 Å². The summed E-state index contributed by atoms with van der Waals surface area (Å²) in [5.41, 5.74) is 5.22. The van der Waals surface area contributed by atoms with Crippen LogP contribution >= 0.6 is 11.6 Å². The van der Waals surface area contributed by atoms with E-state index in [9.17, 15) is 4.39 Å². The Balaban J connectivity index is 4.19. The van der Waals surface area contributed by atoms with Crippen LogP contribution in [0.2, 0.25) is 0 Å². The molecule has 0 heterocycles. The Morgan fingerprint density at radius 1 is 1.82 bits per heavy atom. The number of nitrogens with two attached hydrogens (primary N) is 1. The SMILES string of the molecule is C=C(/C=C(Cl)\N=C/N)C(C)F. The second-order valence-electron chi connectivity index (χ2n) is 1.94. The molecule has 0 aromatic heterocycles. The van der Waals surface area contributed by atoms with Crippen LogP contribution in [0.15, 0.2) is 28.4 Å². The zero-order chi connectivity index (χ0) is 8.85. The van der Waals surface area contributed by atoms with E-state index in [0.29, 0.717) is 0 Å². The van der Waals surface area contributed by atoms with E-state index in [2.05, 4.69) is 11.6 Å². The van der Waals surface area contributed by atoms with Crippen LogP contribution in [-0.4, -0.2) is 12.5 Å². The van der Waals surface area contributed by atoms with Gasteiger partial charge < -0.3 is 5.73 Å². The van der Waals surface area contributed by atoms with Crippen molar-refractivity contribution < 1.29 is 4.39 Å². The Labute approximate surface area is 70.3 Å². The Morgan fingerprint density at radius 2 is 2.36 bits per heavy atom. The Kier molecular flexibility index (Phi) is 4.54. The van der Waals surface area contributed by atoms with E-state index in [1.165, 1.54) is 13.0 Å². The van der Waals surface area contributed by atoms with Crippen molar-refractivity contribution in [3.63, 3.8) is 0 Å². The van der Waals surface area contributed by atoms with Crippen molar-refractivity contribution >= 4 is 17.9 Å². The highest BCUT2D eigenvalue weighted by atomic mass is 35.5. The average molecular weight is 177 g/mol. The first-order chi connectivity index (χ1) is 5.07. The Hall–Kier alpha value is -0.830. The van der Waals surface area contributed by atoms with Gasteiger partial charge >= 0.3 is 0 Å². The molecule has 2 nitrogen and oxygen atoms in total. The van der Waals surface area contributed by atoms with Crippen molar-refractivity contribution in [2.75, 3.05) is 0 Å². The summed E-state index contributed by atoms with van der Waals surface area (Å²) >= 11 is 5.48. The lowest BCUT2D eigenvalue weighted by Gasteiger charge is -1.98. The maximum Gasteiger partial charge on any atom is 0.131 e. The number of nitrogens with zero attached hydrogens (tertiary/aromatic N) is 1. The average Bonchev–Trinajstić information content (AvgIpc) is 1.87. The predicted octanol–water partition coefficient (Wildman–Crippen LogP) is 1.97. The molecule has 0 aliphatic carbocycles. The molecule has 0 saturated carbocycles. The molecule has 0 amide bonds. The van der Waals surface area contributed by atoms with E-state index in [0.717, 1.165) is 6.34 Å². The van der Waals surface area contributed by atoms with Crippen LogP contribution in [0.5, 0.6) is 0 Å². The molecular weight excluding hydrogens is 167 g/mol. The van der Waals surface area contributed by atoms with Gasteiger partial charge in [0.05, 0.1) is 6.34 Å². The highest BCUT2D eigenvalue weighted by Crippen LogP contribution is 2.11. The van der Waals surface area contributed by atoms with Gasteiger partial charge in [0.15, 0.2) is 0 Å². The number of alkyl halides is 1. The summed E-state index contributed by atoms with van der Waals surface area (Å²) in [6, 6.07) is 0. The molecule has 11 heavy (non-hydrogen) atoms. The number of allylic oxidation sites excluding steroid dienone is 2. The van der Waals surface area contributed by atoms with Crippen LogP contribution in [-0.2, 0) is 0 Å². The van der Waals surface area contributed by atoms with Crippen molar-refractivity contribution in [1.82, 2.24) is 0 Å². The number of hydrogen-bond acceptors (Lipinski definition) is 1. The first-order valence-corrected chi connectivity index (χ1v) is 3.40. The molecule has 0 aromatic carbocycles. The van der Waals surface area contributed by atoms with E-state index in [4.69, 9.17) is 17.3 Å². The summed E-state index contributed by atoms with van der Waals surface area (Å²) in [5, 5.41) is 0.127. The lowest BCUT2D eigenvalue weighted by Crippen LogP contribution is -1.94. The minimum atomic E-state index is -1.11. The molecule has 0 aliphatic heterocycles. The first kappa shape index (κ1) is 10.2. The van der Waals surface area contributed by atoms with Crippen molar-refractivity contribution in [3.05, 3.63) is 23.4 Å². The van der Waals surface area contributed by atoms with Gasteiger partial charge in [-0.3, -0.25) is 0 Å². The molecule has 0 fully saturated rings. The lowest BCUT2D eigenvalue weighted by molar-refractivity contribution is 0.418. The van der Waals surface area contributed by atoms with Crippen LogP contribution in [0.4, 0.5) is 4.39 Å². The molecule has 0 radical (unpaired) electrons. The third-order valence-corrected chi connectivity index (χ3v) is 1.22. The van der Waals surface area contributed by atoms with Gasteiger partial charge in [-0.2, -0.15) is 0 Å². The fourth-order valence-corrected chi connectivity index (χ4v) is 0.573. The number of hydrogen-bond donors (Lipinski definition) is 1. The zero-order valence-electron chi connectivity index (χ0n) is 6.22. The maximum absolute atomic E-state index is 12.4. The minimum absolute atomic E-state index is 0.127. The van der Waals surface area contributed by atoms with Crippen LogP contribution in [0.25, 0.3) is 0 Å². The zero-order valence-corrected chi connectivity index (χ0v) is 6.98. The van der Waals surface area contributed by atoms with Crippen LogP contribution < -0.4 is 5.73 Å². The molecule has 0 aromatic rings. The largest absolute Gasteiger partial charge is 0.390 e. The molecule has 2 N–H and O–H groups in total. The van der Waals surface area contributed by atoms with Gasteiger partial charge in [-0.05, 0) is 18.6 Å². The van der Waals surface area contributed by atoms with Gasteiger partial charge in [-0.1, -0.05) is 18.2 Å². The van der Waals surface area contributed by atoms with Gasteiger partial charge in [-0.15, -0.1) is 0 Å². The van der Waals surface area contributed by atoms with E-state index >= 15 is 0 Å². The third kappa shape index (κ3) is 4.56. The molecule has 0 rings (SSSR count). The molecule has 1 unspecified atom stereocenters. The molecule has 4 heteroatoms. The minimum Gasteiger partial charge on any atom is -0.390 e.